The summed E-state index contributed by atoms with van der Waals surface area (Å²) in [6, 6.07) is 13.9. The van der Waals surface area contributed by atoms with E-state index in [0.29, 0.717) is 12.1 Å². The van der Waals surface area contributed by atoms with E-state index in [1.807, 2.05) is 37.4 Å². The molecular formula is C17H16N4O. The zero-order valence-corrected chi connectivity index (χ0v) is 12.3. The molecule has 1 aromatic heterocycles. The Kier molecular flexibility index (Phi) is 2.85. The molecule has 0 fully saturated rings. The summed E-state index contributed by atoms with van der Waals surface area (Å²) in [5.41, 5.74) is 4.59. The molecule has 5 nitrogen and oxygen atoms in total. The lowest BCUT2D eigenvalue weighted by molar-refractivity contribution is 0.0956. The summed E-state index contributed by atoms with van der Waals surface area (Å²) in [5, 5.41) is 6.05. The third-order valence-corrected chi connectivity index (χ3v) is 4.06. The number of hydrogen-bond donors (Lipinski definition) is 2. The molecule has 1 aliphatic rings. The van der Waals surface area contributed by atoms with E-state index in [-0.39, 0.29) is 5.91 Å². The standard InChI is InChI=1S/C17H16N4O/c1-18-12-7-5-11(6-8-12)16-20-14-4-2-3-13-15(14)21(16)10-9-19-17(13)22/h2-8,18H,9-10H2,1H3,(H,19,22). The number of rotatable bonds is 2. The van der Waals surface area contributed by atoms with Crippen molar-refractivity contribution in [3.05, 3.63) is 48.0 Å². The first-order chi connectivity index (χ1) is 10.8. The van der Waals surface area contributed by atoms with Gasteiger partial charge in [0.2, 0.25) is 0 Å². The number of nitrogens with one attached hydrogen (secondary N) is 2. The van der Waals surface area contributed by atoms with Crippen LogP contribution in [0.15, 0.2) is 42.5 Å². The lowest BCUT2D eigenvalue weighted by atomic mass is 10.1. The van der Waals surface area contributed by atoms with E-state index in [1.165, 1.54) is 0 Å². The van der Waals surface area contributed by atoms with Gasteiger partial charge in [-0.15, -0.1) is 0 Å². The van der Waals surface area contributed by atoms with Gasteiger partial charge in [-0.3, -0.25) is 4.79 Å². The van der Waals surface area contributed by atoms with Crippen molar-refractivity contribution in [2.45, 2.75) is 6.54 Å². The molecule has 0 aliphatic carbocycles. The van der Waals surface area contributed by atoms with Gasteiger partial charge in [-0.25, -0.2) is 4.98 Å². The summed E-state index contributed by atoms with van der Waals surface area (Å²) < 4.78 is 2.14. The van der Waals surface area contributed by atoms with Crippen LogP contribution in [0.5, 0.6) is 0 Å². The van der Waals surface area contributed by atoms with Crippen molar-refractivity contribution in [1.29, 1.82) is 0 Å². The number of nitrogens with zero attached hydrogens (tertiary/aromatic N) is 2. The summed E-state index contributed by atoms with van der Waals surface area (Å²) in [5.74, 6) is 0.878. The number of carbonyl (C=O) groups excluding carboxylic acids is 1. The average Bonchev–Trinajstić information content (AvgIpc) is 2.84. The van der Waals surface area contributed by atoms with Gasteiger partial charge in [-0.1, -0.05) is 6.07 Å². The molecule has 0 radical (unpaired) electrons. The van der Waals surface area contributed by atoms with Gasteiger partial charge in [0.1, 0.15) is 5.82 Å². The normalized spacial score (nSPS) is 13.8. The second-order valence-corrected chi connectivity index (χ2v) is 5.34. The van der Waals surface area contributed by atoms with Gasteiger partial charge in [0.25, 0.3) is 5.91 Å². The van der Waals surface area contributed by atoms with Gasteiger partial charge in [-0.2, -0.15) is 0 Å². The predicted octanol–water partition coefficient (Wildman–Crippen LogP) is 2.49. The van der Waals surface area contributed by atoms with Crippen molar-refractivity contribution >= 4 is 22.6 Å². The van der Waals surface area contributed by atoms with Gasteiger partial charge < -0.3 is 15.2 Å². The lowest BCUT2D eigenvalue weighted by Crippen LogP contribution is -2.24. The zero-order chi connectivity index (χ0) is 15.1. The van der Waals surface area contributed by atoms with Crippen molar-refractivity contribution in [3.8, 4) is 11.4 Å². The van der Waals surface area contributed by atoms with E-state index in [4.69, 9.17) is 4.98 Å². The van der Waals surface area contributed by atoms with Gasteiger partial charge in [0.15, 0.2) is 0 Å². The molecule has 0 bridgehead atoms. The minimum absolute atomic E-state index is 0.0265. The number of benzene rings is 2. The lowest BCUT2D eigenvalue weighted by Gasteiger charge is -2.08. The third kappa shape index (κ3) is 1.86. The van der Waals surface area contributed by atoms with Crippen LogP contribution in [0.25, 0.3) is 22.4 Å². The highest BCUT2D eigenvalue weighted by atomic mass is 16.1. The van der Waals surface area contributed by atoms with Gasteiger partial charge in [-0.05, 0) is 36.4 Å². The Labute approximate surface area is 128 Å². The van der Waals surface area contributed by atoms with Crippen molar-refractivity contribution < 1.29 is 4.79 Å². The van der Waals surface area contributed by atoms with Crippen molar-refractivity contribution in [2.75, 3.05) is 18.9 Å². The number of para-hydroxylation sites is 1. The fraction of sp³-hybridized carbons (Fsp3) is 0.176. The number of aromatic nitrogens is 2. The molecule has 2 N–H and O–H groups in total. The van der Waals surface area contributed by atoms with Crippen LogP contribution in [0.4, 0.5) is 5.69 Å². The third-order valence-electron chi connectivity index (χ3n) is 4.06. The molecule has 5 heteroatoms. The van der Waals surface area contributed by atoms with Crippen LogP contribution < -0.4 is 10.6 Å². The molecule has 22 heavy (non-hydrogen) atoms. The number of anilines is 1. The summed E-state index contributed by atoms with van der Waals surface area (Å²) in [6.45, 7) is 1.34. The predicted molar refractivity (Wildman–Crippen MR) is 87.0 cm³/mol. The van der Waals surface area contributed by atoms with Gasteiger partial charge >= 0.3 is 0 Å². The maximum atomic E-state index is 12.2. The number of imidazole rings is 1. The first-order valence-corrected chi connectivity index (χ1v) is 7.33. The number of carbonyl (C=O) groups is 1. The average molecular weight is 292 g/mol. The van der Waals surface area contributed by atoms with E-state index in [2.05, 4.69) is 27.3 Å². The van der Waals surface area contributed by atoms with Crippen LogP contribution in [0.1, 0.15) is 10.4 Å². The summed E-state index contributed by atoms with van der Waals surface area (Å²) in [4.78, 5) is 16.9. The van der Waals surface area contributed by atoms with Crippen molar-refractivity contribution in [3.63, 3.8) is 0 Å². The van der Waals surface area contributed by atoms with Crippen LogP contribution in [-0.2, 0) is 6.54 Å². The molecule has 4 rings (SSSR count). The fourth-order valence-corrected chi connectivity index (χ4v) is 2.97. The van der Waals surface area contributed by atoms with Crippen LogP contribution >= 0.6 is 0 Å². The van der Waals surface area contributed by atoms with E-state index in [0.717, 1.165) is 34.7 Å². The number of hydrogen-bond acceptors (Lipinski definition) is 3. The largest absolute Gasteiger partial charge is 0.388 e. The van der Waals surface area contributed by atoms with Crippen molar-refractivity contribution in [2.24, 2.45) is 0 Å². The summed E-state index contributed by atoms with van der Waals surface area (Å²) in [6.07, 6.45) is 0. The molecule has 1 amide bonds. The van der Waals surface area contributed by atoms with E-state index < -0.39 is 0 Å². The molecule has 0 saturated heterocycles. The van der Waals surface area contributed by atoms with E-state index in [1.54, 1.807) is 0 Å². The molecule has 3 aromatic rings. The maximum absolute atomic E-state index is 12.2. The Hall–Kier alpha value is -2.82. The molecule has 1 aliphatic heterocycles. The molecule has 2 aromatic carbocycles. The second-order valence-electron chi connectivity index (χ2n) is 5.34. The Bertz CT molecular complexity index is 864. The smallest absolute Gasteiger partial charge is 0.253 e. The quantitative estimate of drug-likeness (QED) is 0.763. The maximum Gasteiger partial charge on any atom is 0.253 e. The summed E-state index contributed by atoms with van der Waals surface area (Å²) in [7, 11) is 1.90. The topological polar surface area (TPSA) is 59.0 Å². The SMILES string of the molecule is CNc1ccc(-c2nc3cccc4c3n2CCNC4=O)cc1. The highest BCUT2D eigenvalue weighted by Crippen LogP contribution is 2.28. The van der Waals surface area contributed by atoms with E-state index in [9.17, 15) is 4.79 Å². The number of amides is 1. The van der Waals surface area contributed by atoms with Crippen LogP contribution in [0.2, 0.25) is 0 Å². The van der Waals surface area contributed by atoms with Gasteiger partial charge in [0, 0.05) is 31.4 Å². The first kappa shape index (κ1) is 12.9. The minimum Gasteiger partial charge on any atom is -0.388 e. The monoisotopic (exact) mass is 292 g/mol. The van der Waals surface area contributed by atoms with E-state index >= 15 is 0 Å². The highest BCUT2D eigenvalue weighted by molar-refractivity contribution is 6.06. The molecule has 0 spiro atoms. The van der Waals surface area contributed by atoms with Crippen LogP contribution in [0.3, 0.4) is 0 Å². The minimum atomic E-state index is -0.0265. The molecule has 0 saturated carbocycles. The Morgan fingerprint density at radius 1 is 1.18 bits per heavy atom. The van der Waals surface area contributed by atoms with Crippen LogP contribution in [0, 0.1) is 0 Å². The van der Waals surface area contributed by atoms with Crippen LogP contribution in [-0.4, -0.2) is 29.1 Å². The van der Waals surface area contributed by atoms with Crippen molar-refractivity contribution in [1.82, 2.24) is 14.9 Å². The molecule has 2 heterocycles. The zero-order valence-electron chi connectivity index (χ0n) is 12.3. The summed E-state index contributed by atoms with van der Waals surface area (Å²) >= 11 is 0. The highest BCUT2D eigenvalue weighted by Gasteiger charge is 2.21. The molecule has 110 valence electrons. The molecular weight excluding hydrogens is 276 g/mol. The fourth-order valence-electron chi connectivity index (χ4n) is 2.97. The first-order valence-electron chi connectivity index (χ1n) is 7.33. The molecule has 0 atom stereocenters. The van der Waals surface area contributed by atoms with Gasteiger partial charge in [0.05, 0.1) is 16.6 Å². The second kappa shape index (κ2) is 4.87. The Morgan fingerprint density at radius 2 is 2.00 bits per heavy atom. The Morgan fingerprint density at radius 3 is 2.77 bits per heavy atom. The molecule has 0 unspecified atom stereocenters. The Balaban J connectivity index is 1.96.